The fourth-order valence-electron chi connectivity index (χ4n) is 5.86. The molecule has 0 saturated heterocycles. The number of hydrogen-bond acceptors (Lipinski definition) is 5. The van der Waals surface area contributed by atoms with Crippen molar-refractivity contribution in [2.24, 2.45) is 11.1 Å². The molecule has 0 fully saturated rings. The smallest absolute Gasteiger partial charge is 0.162 e. The monoisotopic (exact) mass is 589 g/mol. The highest BCUT2D eigenvalue weighted by molar-refractivity contribution is 6.32. The van der Waals surface area contributed by atoms with E-state index < -0.39 is 11.7 Å². The van der Waals surface area contributed by atoms with E-state index in [1.807, 2.05) is 43.0 Å². The van der Waals surface area contributed by atoms with Crippen LogP contribution in [-0.4, -0.2) is 5.78 Å². The van der Waals surface area contributed by atoms with E-state index in [1.165, 1.54) is 18.2 Å². The first-order valence-corrected chi connectivity index (χ1v) is 14.1. The van der Waals surface area contributed by atoms with Crippen LogP contribution in [0.5, 0.6) is 5.75 Å². The van der Waals surface area contributed by atoms with Crippen molar-refractivity contribution in [1.29, 1.82) is 5.26 Å². The molecule has 0 saturated carbocycles. The number of benzene rings is 3. The molecule has 0 bridgehead atoms. The molecule has 0 aromatic heterocycles. The third-order valence-electron chi connectivity index (χ3n) is 7.76. The summed E-state index contributed by atoms with van der Waals surface area (Å²) in [7, 11) is 0. The van der Waals surface area contributed by atoms with E-state index >= 15 is 0 Å². The topological polar surface area (TPSA) is 79.4 Å². The molecule has 1 heterocycles. The van der Waals surface area contributed by atoms with Crippen molar-refractivity contribution in [2.45, 2.75) is 53.1 Å². The number of anilines is 1. The number of allylic oxidation sites excluding steroid dienone is 3. The maximum absolute atomic E-state index is 13.9. The van der Waals surface area contributed by atoms with Gasteiger partial charge in [0.15, 0.2) is 5.78 Å². The average molecular weight is 591 g/mol. The van der Waals surface area contributed by atoms with Gasteiger partial charge in [0, 0.05) is 28.4 Å². The van der Waals surface area contributed by atoms with E-state index in [4.69, 9.17) is 33.7 Å². The normalized spacial score (nSPS) is 18.3. The number of carbonyl (C=O) groups is 1. The molecule has 0 amide bonds. The third-order valence-corrected chi connectivity index (χ3v) is 8.29. The molecule has 41 heavy (non-hydrogen) atoms. The molecule has 1 unspecified atom stereocenters. The van der Waals surface area contributed by atoms with Crippen LogP contribution in [0.15, 0.2) is 77.3 Å². The molecular formula is C33H30Cl2FN3O2. The lowest BCUT2D eigenvalue weighted by atomic mass is 9.68. The number of nitrogens with zero attached hydrogens (tertiary/aromatic N) is 2. The summed E-state index contributed by atoms with van der Waals surface area (Å²) in [4.78, 5) is 15.7. The van der Waals surface area contributed by atoms with E-state index in [1.54, 1.807) is 12.1 Å². The number of halogens is 3. The average Bonchev–Trinajstić information content (AvgIpc) is 2.88. The Kier molecular flexibility index (Phi) is 7.63. The number of ketones is 1. The molecule has 0 spiro atoms. The first kappa shape index (κ1) is 28.7. The Labute approximate surface area is 249 Å². The highest BCUT2D eigenvalue weighted by atomic mass is 35.5. The molecule has 2 aliphatic rings. The number of Topliss-reactive ketones (excluding diaryl/α,β-unsaturated/α-hetero) is 1. The predicted octanol–water partition coefficient (Wildman–Crippen LogP) is 8.27. The first-order chi connectivity index (χ1) is 19.4. The molecule has 3 aromatic carbocycles. The van der Waals surface area contributed by atoms with Crippen molar-refractivity contribution in [3.05, 3.63) is 115 Å². The molecule has 0 radical (unpaired) electrons. The lowest BCUT2D eigenvalue weighted by molar-refractivity contribution is -0.118. The highest BCUT2D eigenvalue weighted by Crippen LogP contribution is 2.51. The van der Waals surface area contributed by atoms with Crippen molar-refractivity contribution in [2.75, 3.05) is 4.90 Å². The number of hydrogen-bond donors (Lipinski definition) is 1. The first-order valence-electron chi connectivity index (χ1n) is 13.3. The van der Waals surface area contributed by atoms with Crippen molar-refractivity contribution >= 4 is 34.7 Å². The maximum Gasteiger partial charge on any atom is 0.162 e. The van der Waals surface area contributed by atoms with Crippen LogP contribution in [0.1, 0.15) is 54.9 Å². The molecule has 1 aliphatic carbocycles. The van der Waals surface area contributed by atoms with Gasteiger partial charge in [0.1, 0.15) is 24.0 Å². The zero-order chi connectivity index (χ0) is 29.6. The lowest BCUT2D eigenvalue weighted by Gasteiger charge is -2.44. The van der Waals surface area contributed by atoms with Crippen LogP contribution in [0.25, 0.3) is 0 Å². The lowest BCUT2D eigenvalue weighted by Crippen LogP contribution is -2.42. The molecule has 210 valence electrons. The summed E-state index contributed by atoms with van der Waals surface area (Å²) in [6, 6.07) is 17.6. The fraction of sp³-hybridized carbons (Fsp3) is 0.273. The summed E-state index contributed by atoms with van der Waals surface area (Å²) in [5.41, 5.74) is 12.4. The number of ether oxygens (including phenoxy) is 1. The summed E-state index contributed by atoms with van der Waals surface area (Å²) in [5.74, 6) is -0.453. The second-order valence-electron chi connectivity index (χ2n) is 11.5. The van der Waals surface area contributed by atoms with Gasteiger partial charge in [-0.25, -0.2) is 4.39 Å². The second-order valence-corrected chi connectivity index (χ2v) is 12.3. The molecule has 1 atom stereocenters. The van der Waals surface area contributed by atoms with Gasteiger partial charge in [-0.1, -0.05) is 55.2 Å². The van der Waals surface area contributed by atoms with Gasteiger partial charge in [-0.05, 0) is 84.3 Å². The van der Waals surface area contributed by atoms with Gasteiger partial charge in [0.05, 0.1) is 22.6 Å². The largest absolute Gasteiger partial charge is 0.487 e. The SMILES string of the molecule is Cc1cc(C)c(C2C(C#N)=C(N)N(c3cccc(Cl)c3)C3=C2C(=O)CC(C)(C)C3)cc1COc1ccc(F)cc1Cl. The Morgan fingerprint density at radius 1 is 1.10 bits per heavy atom. The van der Waals surface area contributed by atoms with Gasteiger partial charge in [-0.2, -0.15) is 5.26 Å². The van der Waals surface area contributed by atoms with E-state index in [0.717, 1.165) is 28.0 Å². The number of rotatable bonds is 5. The molecule has 5 rings (SSSR count). The summed E-state index contributed by atoms with van der Waals surface area (Å²) >= 11 is 12.5. The highest BCUT2D eigenvalue weighted by Gasteiger charge is 2.45. The standard InChI is InChI=1S/C33H30Cl2FN3O2/c1-18-10-19(2)24(11-20(18)17-41-29-9-8-22(36)13-26(29)35)30-25(16-37)32(38)39(23-7-5-6-21(34)12-23)27-14-33(3,4)15-28(40)31(27)30/h5-13,30H,14-15,17,38H2,1-4H3. The van der Waals surface area contributed by atoms with Crippen LogP contribution in [0.2, 0.25) is 10.0 Å². The van der Waals surface area contributed by atoms with Crippen molar-refractivity contribution in [3.63, 3.8) is 0 Å². The van der Waals surface area contributed by atoms with Crippen LogP contribution in [-0.2, 0) is 11.4 Å². The molecule has 1 aliphatic heterocycles. The molecule has 3 aromatic rings. The van der Waals surface area contributed by atoms with Gasteiger partial charge < -0.3 is 10.5 Å². The summed E-state index contributed by atoms with van der Waals surface area (Å²) < 4.78 is 19.5. The van der Waals surface area contributed by atoms with Gasteiger partial charge in [-0.15, -0.1) is 0 Å². The summed E-state index contributed by atoms with van der Waals surface area (Å²) in [6.45, 7) is 8.23. The van der Waals surface area contributed by atoms with Gasteiger partial charge in [-0.3, -0.25) is 9.69 Å². The van der Waals surface area contributed by atoms with E-state index in [2.05, 4.69) is 19.9 Å². The Morgan fingerprint density at radius 2 is 1.85 bits per heavy atom. The Hall–Kier alpha value is -3.79. The van der Waals surface area contributed by atoms with Gasteiger partial charge >= 0.3 is 0 Å². The summed E-state index contributed by atoms with van der Waals surface area (Å²) in [6.07, 6.45) is 0.953. The van der Waals surface area contributed by atoms with Crippen LogP contribution in [0.4, 0.5) is 10.1 Å². The molecular weight excluding hydrogens is 560 g/mol. The Morgan fingerprint density at radius 3 is 2.54 bits per heavy atom. The zero-order valence-corrected chi connectivity index (χ0v) is 24.8. The van der Waals surface area contributed by atoms with Crippen LogP contribution in [0.3, 0.4) is 0 Å². The number of aryl methyl sites for hydroxylation is 2. The minimum Gasteiger partial charge on any atom is -0.487 e. The fourth-order valence-corrected chi connectivity index (χ4v) is 6.27. The molecule has 5 nitrogen and oxygen atoms in total. The number of nitrogens with two attached hydrogens (primary N) is 1. The van der Waals surface area contributed by atoms with Crippen LogP contribution >= 0.6 is 23.2 Å². The van der Waals surface area contributed by atoms with E-state index in [0.29, 0.717) is 40.4 Å². The van der Waals surface area contributed by atoms with E-state index in [9.17, 15) is 14.4 Å². The minimum atomic E-state index is -0.636. The summed E-state index contributed by atoms with van der Waals surface area (Å²) in [5, 5.41) is 11.2. The zero-order valence-electron chi connectivity index (χ0n) is 23.3. The second kappa shape index (κ2) is 10.9. The van der Waals surface area contributed by atoms with Crippen molar-refractivity contribution < 1.29 is 13.9 Å². The van der Waals surface area contributed by atoms with Gasteiger partial charge in [0.2, 0.25) is 0 Å². The number of nitriles is 1. The predicted molar refractivity (Wildman–Crippen MR) is 160 cm³/mol. The molecule has 2 N–H and O–H groups in total. The van der Waals surface area contributed by atoms with Gasteiger partial charge in [0.25, 0.3) is 0 Å². The maximum atomic E-state index is 13.9. The minimum absolute atomic E-state index is 0.00982. The van der Waals surface area contributed by atoms with Crippen molar-refractivity contribution in [3.8, 4) is 11.8 Å². The van der Waals surface area contributed by atoms with Crippen molar-refractivity contribution in [1.82, 2.24) is 0 Å². The third kappa shape index (κ3) is 5.45. The van der Waals surface area contributed by atoms with E-state index in [-0.39, 0.29) is 28.6 Å². The Bertz CT molecular complexity index is 1690. The van der Waals surface area contributed by atoms with Crippen LogP contribution in [0, 0.1) is 36.4 Å². The quantitative estimate of drug-likeness (QED) is 0.324. The molecule has 8 heteroatoms. The van der Waals surface area contributed by atoms with Crippen LogP contribution < -0.4 is 15.4 Å². The number of carbonyl (C=O) groups excluding carboxylic acids is 1. The Balaban J connectivity index is 1.66.